The van der Waals surface area contributed by atoms with E-state index in [1.54, 1.807) is 24.3 Å². The van der Waals surface area contributed by atoms with Crippen LogP contribution in [0.5, 0.6) is 5.75 Å². The quantitative estimate of drug-likeness (QED) is 0.898. The number of nitrogens with one attached hydrogen (secondary N) is 1. The number of hydrogen-bond acceptors (Lipinski definition) is 2. The fourth-order valence-electron chi connectivity index (χ4n) is 1.73. The Bertz CT molecular complexity index is 599. The first-order valence-corrected chi connectivity index (χ1v) is 6.49. The maximum atomic E-state index is 13.1. The molecule has 0 aliphatic heterocycles. The van der Waals surface area contributed by atoms with E-state index in [1.165, 1.54) is 18.2 Å². The van der Waals surface area contributed by atoms with E-state index in [9.17, 15) is 9.18 Å². The van der Waals surface area contributed by atoms with Crippen molar-refractivity contribution in [1.82, 2.24) is 0 Å². The lowest BCUT2D eigenvalue weighted by Gasteiger charge is -2.11. The molecule has 0 saturated heterocycles. The van der Waals surface area contributed by atoms with Gasteiger partial charge in [-0.1, -0.05) is 25.1 Å². The van der Waals surface area contributed by atoms with Crippen LogP contribution in [-0.2, 0) is 0 Å². The van der Waals surface area contributed by atoms with Crippen LogP contribution < -0.4 is 10.1 Å². The van der Waals surface area contributed by atoms with E-state index in [2.05, 4.69) is 5.32 Å². The zero-order chi connectivity index (χ0) is 14.4. The Hall–Kier alpha value is -2.36. The van der Waals surface area contributed by atoms with Gasteiger partial charge in [-0.3, -0.25) is 4.79 Å². The van der Waals surface area contributed by atoms with Gasteiger partial charge in [0.05, 0.1) is 12.3 Å². The van der Waals surface area contributed by atoms with Crippen molar-refractivity contribution >= 4 is 11.6 Å². The average molecular weight is 273 g/mol. The van der Waals surface area contributed by atoms with Crippen molar-refractivity contribution in [3.8, 4) is 5.75 Å². The summed E-state index contributed by atoms with van der Waals surface area (Å²) in [5.41, 5.74) is 0.852. The number of benzene rings is 2. The molecule has 104 valence electrons. The molecule has 0 bridgehead atoms. The molecule has 0 atom stereocenters. The number of hydrogen-bond donors (Lipinski definition) is 1. The number of carbonyl (C=O) groups is 1. The van der Waals surface area contributed by atoms with Crippen molar-refractivity contribution in [3.05, 3.63) is 59.9 Å². The Morgan fingerprint density at radius 2 is 2.00 bits per heavy atom. The van der Waals surface area contributed by atoms with E-state index in [4.69, 9.17) is 4.74 Å². The summed E-state index contributed by atoms with van der Waals surface area (Å²) < 4.78 is 18.7. The van der Waals surface area contributed by atoms with Gasteiger partial charge in [0.15, 0.2) is 0 Å². The Morgan fingerprint density at radius 1 is 1.20 bits per heavy atom. The molecule has 2 aromatic carbocycles. The van der Waals surface area contributed by atoms with Crippen molar-refractivity contribution < 1.29 is 13.9 Å². The summed E-state index contributed by atoms with van der Waals surface area (Å²) in [4.78, 5) is 12.1. The molecule has 1 amide bonds. The number of rotatable bonds is 5. The first kappa shape index (κ1) is 14.1. The van der Waals surface area contributed by atoms with E-state index >= 15 is 0 Å². The van der Waals surface area contributed by atoms with Gasteiger partial charge in [-0.15, -0.1) is 0 Å². The molecular weight excluding hydrogens is 257 g/mol. The van der Waals surface area contributed by atoms with Crippen molar-refractivity contribution in [2.45, 2.75) is 13.3 Å². The monoisotopic (exact) mass is 273 g/mol. The second kappa shape index (κ2) is 6.70. The maximum absolute atomic E-state index is 13.1. The van der Waals surface area contributed by atoms with Gasteiger partial charge in [0.1, 0.15) is 11.6 Å². The molecule has 0 saturated carbocycles. The van der Waals surface area contributed by atoms with E-state index in [0.717, 1.165) is 6.42 Å². The second-order valence-corrected chi connectivity index (χ2v) is 4.31. The first-order chi connectivity index (χ1) is 9.70. The minimum absolute atomic E-state index is 0.273. The Labute approximate surface area is 117 Å². The summed E-state index contributed by atoms with van der Waals surface area (Å²) in [5, 5.41) is 2.73. The molecule has 0 fully saturated rings. The van der Waals surface area contributed by atoms with Crippen LogP contribution in [0.15, 0.2) is 48.5 Å². The highest BCUT2D eigenvalue weighted by molar-refractivity contribution is 6.05. The van der Waals surface area contributed by atoms with E-state index in [1.807, 2.05) is 13.0 Å². The molecule has 20 heavy (non-hydrogen) atoms. The lowest BCUT2D eigenvalue weighted by molar-refractivity contribution is 0.102. The highest BCUT2D eigenvalue weighted by Gasteiger charge is 2.10. The first-order valence-electron chi connectivity index (χ1n) is 6.49. The Kier molecular flexibility index (Phi) is 4.71. The van der Waals surface area contributed by atoms with Gasteiger partial charge >= 0.3 is 0 Å². The van der Waals surface area contributed by atoms with Gasteiger partial charge < -0.3 is 10.1 Å². The summed E-state index contributed by atoms with van der Waals surface area (Å²) >= 11 is 0. The third kappa shape index (κ3) is 3.57. The molecule has 0 heterocycles. The van der Waals surface area contributed by atoms with Crippen molar-refractivity contribution in [3.63, 3.8) is 0 Å². The van der Waals surface area contributed by atoms with Gasteiger partial charge in [0, 0.05) is 5.56 Å². The highest BCUT2D eigenvalue weighted by Crippen LogP contribution is 2.24. The Balaban J connectivity index is 2.15. The molecule has 3 nitrogen and oxygen atoms in total. The van der Waals surface area contributed by atoms with Gasteiger partial charge in [0.2, 0.25) is 0 Å². The van der Waals surface area contributed by atoms with E-state index in [0.29, 0.717) is 18.0 Å². The van der Waals surface area contributed by atoms with Crippen molar-refractivity contribution in [1.29, 1.82) is 0 Å². The average Bonchev–Trinajstić information content (AvgIpc) is 2.46. The van der Waals surface area contributed by atoms with Gasteiger partial charge in [-0.2, -0.15) is 0 Å². The minimum Gasteiger partial charge on any atom is -0.491 e. The van der Waals surface area contributed by atoms with Crippen LogP contribution in [0.3, 0.4) is 0 Å². The molecule has 0 spiro atoms. The number of amides is 1. The van der Waals surface area contributed by atoms with Crippen LogP contribution in [0.1, 0.15) is 23.7 Å². The van der Waals surface area contributed by atoms with Crippen molar-refractivity contribution in [2.75, 3.05) is 11.9 Å². The number of ether oxygens (including phenoxy) is 1. The van der Waals surface area contributed by atoms with Gasteiger partial charge in [-0.05, 0) is 36.8 Å². The predicted molar refractivity (Wildman–Crippen MR) is 76.6 cm³/mol. The zero-order valence-electron chi connectivity index (χ0n) is 11.2. The topological polar surface area (TPSA) is 38.3 Å². The number of anilines is 1. The van der Waals surface area contributed by atoms with Crippen LogP contribution in [0.2, 0.25) is 0 Å². The molecule has 4 heteroatoms. The molecule has 1 N–H and O–H groups in total. The minimum atomic E-state index is -0.437. The van der Waals surface area contributed by atoms with Crippen molar-refractivity contribution in [2.24, 2.45) is 0 Å². The van der Waals surface area contributed by atoms with Crippen LogP contribution in [0.4, 0.5) is 10.1 Å². The number of para-hydroxylation sites is 2. The zero-order valence-corrected chi connectivity index (χ0v) is 11.2. The standard InChI is InChI=1S/C16H16FNO2/c1-2-10-20-15-9-4-3-8-14(15)18-16(19)12-6-5-7-13(17)11-12/h3-9,11H,2,10H2,1H3,(H,18,19). The SMILES string of the molecule is CCCOc1ccccc1NC(=O)c1cccc(F)c1. The van der Waals surface area contributed by atoms with Crippen LogP contribution in [0, 0.1) is 5.82 Å². The lowest BCUT2D eigenvalue weighted by Crippen LogP contribution is -2.13. The largest absolute Gasteiger partial charge is 0.491 e. The molecule has 0 unspecified atom stereocenters. The molecule has 0 radical (unpaired) electrons. The fraction of sp³-hybridized carbons (Fsp3) is 0.188. The number of halogens is 1. The molecule has 0 aliphatic carbocycles. The van der Waals surface area contributed by atoms with Crippen LogP contribution in [0.25, 0.3) is 0 Å². The molecule has 2 aromatic rings. The van der Waals surface area contributed by atoms with Gasteiger partial charge in [-0.25, -0.2) is 4.39 Å². The third-order valence-corrected chi connectivity index (χ3v) is 2.68. The van der Waals surface area contributed by atoms with Crippen LogP contribution >= 0.6 is 0 Å². The fourth-order valence-corrected chi connectivity index (χ4v) is 1.73. The third-order valence-electron chi connectivity index (χ3n) is 2.68. The highest BCUT2D eigenvalue weighted by atomic mass is 19.1. The molecule has 2 rings (SSSR count). The lowest BCUT2D eigenvalue weighted by atomic mass is 10.2. The summed E-state index contributed by atoms with van der Waals surface area (Å²) in [5.74, 6) is -0.190. The van der Waals surface area contributed by atoms with Crippen LogP contribution in [-0.4, -0.2) is 12.5 Å². The summed E-state index contributed by atoms with van der Waals surface area (Å²) in [7, 11) is 0. The van der Waals surface area contributed by atoms with Gasteiger partial charge in [0.25, 0.3) is 5.91 Å². The molecular formula is C16H16FNO2. The van der Waals surface area contributed by atoms with E-state index < -0.39 is 5.82 Å². The maximum Gasteiger partial charge on any atom is 0.255 e. The Morgan fingerprint density at radius 3 is 2.75 bits per heavy atom. The summed E-state index contributed by atoms with van der Waals surface area (Å²) in [6.45, 7) is 2.58. The van der Waals surface area contributed by atoms with E-state index in [-0.39, 0.29) is 11.5 Å². The number of carbonyl (C=O) groups excluding carboxylic acids is 1. The summed E-state index contributed by atoms with van der Waals surface area (Å²) in [6, 6.07) is 12.7. The molecule has 0 aromatic heterocycles. The normalized spacial score (nSPS) is 10.1. The molecule has 0 aliphatic rings. The predicted octanol–water partition coefficient (Wildman–Crippen LogP) is 3.87. The summed E-state index contributed by atoms with van der Waals surface area (Å²) in [6.07, 6.45) is 0.881. The smallest absolute Gasteiger partial charge is 0.255 e. The second-order valence-electron chi connectivity index (χ2n) is 4.31.